The van der Waals surface area contributed by atoms with E-state index in [1.165, 1.54) is 18.3 Å². The fraction of sp³-hybridized carbons (Fsp3) is 0. The highest BCUT2D eigenvalue weighted by molar-refractivity contribution is 6.34. The summed E-state index contributed by atoms with van der Waals surface area (Å²) < 4.78 is 0. The van der Waals surface area contributed by atoms with Crippen LogP contribution < -0.4 is 0 Å². The van der Waals surface area contributed by atoms with Crippen LogP contribution in [0.3, 0.4) is 0 Å². The molecule has 0 aliphatic heterocycles. The zero-order chi connectivity index (χ0) is 12.9. The molecule has 1 N–H and O–H groups in total. The summed E-state index contributed by atoms with van der Waals surface area (Å²) in [4.78, 5) is 17.5. The second-order valence-corrected chi connectivity index (χ2v) is 4.62. The largest absolute Gasteiger partial charge is 0.339 e. The second kappa shape index (κ2) is 3.83. The van der Waals surface area contributed by atoms with Gasteiger partial charge in [0.15, 0.2) is 0 Å². The summed E-state index contributed by atoms with van der Waals surface area (Å²) in [5, 5.41) is 12.8. The molecule has 5 nitrogen and oxygen atoms in total. The predicted octanol–water partition coefficient (Wildman–Crippen LogP) is 3.93. The first-order valence-electron chi connectivity index (χ1n) is 4.97. The van der Waals surface area contributed by atoms with Gasteiger partial charge in [-0.1, -0.05) is 23.2 Å². The van der Waals surface area contributed by atoms with Crippen LogP contribution in [0, 0.1) is 10.1 Å². The van der Waals surface area contributed by atoms with Crippen molar-refractivity contribution in [2.24, 2.45) is 0 Å². The maximum Gasteiger partial charge on any atom is 0.288 e. The van der Waals surface area contributed by atoms with E-state index in [9.17, 15) is 10.1 Å². The van der Waals surface area contributed by atoms with Crippen molar-refractivity contribution < 1.29 is 4.92 Å². The van der Waals surface area contributed by atoms with E-state index in [2.05, 4.69) is 9.97 Å². The molecular weight excluding hydrogens is 277 g/mol. The van der Waals surface area contributed by atoms with Gasteiger partial charge in [0.2, 0.25) is 0 Å². The Hall–Kier alpha value is -1.85. The van der Waals surface area contributed by atoms with Gasteiger partial charge in [-0.3, -0.25) is 10.1 Å². The van der Waals surface area contributed by atoms with Crippen LogP contribution >= 0.6 is 23.2 Å². The van der Waals surface area contributed by atoms with Crippen molar-refractivity contribution in [3.05, 3.63) is 44.6 Å². The number of pyridine rings is 1. The van der Waals surface area contributed by atoms with Crippen molar-refractivity contribution in [3.63, 3.8) is 0 Å². The highest BCUT2D eigenvalue weighted by Crippen LogP contribution is 2.34. The first kappa shape index (κ1) is 11.3. The van der Waals surface area contributed by atoms with E-state index >= 15 is 0 Å². The zero-order valence-corrected chi connectivity index (χ0v) is 10.3. The number of benzene rings is 1. The zero-order valence-electron chi connectivity index (χ0n) is 8.78. The first-order chi connectivity index (χ1) is 8.56. The van der Waals surface area contributed by atoms with Gasteiger partial charge < -0.3 is 4.98 Å². The Balaban J connectivity index is 2.46. The maximum absolute atomic E-state index is 10.9. The molecule has 0 bridgehead atoms. The minimum atomic E-state index is -0.515. The number of nitro benzene ring substituents is 1. The van der Waals surface area contributed by atoms with Gasteiger partial charge in [-0.15, -0.1) is 0 Å². The van der Waals surface area contributed by atoms with Crippen LogP contribution in [0.2, 0.25) is 10.0 Å². The number of nitro groups is 1. The molecule has 0 spiro atoms. The Morgan fingerprint density at radius 3 is 2.72 bits per heavy atom. The molecule has 3 aromatic rings. The summed E-state index contributed by atoms with van der Waals surface area (Å²) in [5.74, 6) is 0. The van der Waals surface area contributed by atoms with E-state index < -0.39 is 4.92 Å². The molecule has 0 fully saturated rings. The Morgan fingerprint density at radius 1 is 1.22 bits per heavy atom. The summed E-state index contributed by atoms with van der Waals surface area (Å²) >= 11 is 11.7. The average molecular weight is 282 g/mol. The molecule has 0 amide bonds. The molecule has 90 valence electrons. The Bertz CT molecular complexity index is 798. The van der Waals surface area contributed by atoms with Crippen LogP contribution in [-0.2, 0) is 0 Å². The second-order valence-electron chi connectivity index (χ2n) is 3.78. The van der Waals surface area contributed by atoms with Gasteiger partial charge in [0.25, 0.3) is 5.69 Å². The molecule has 0 saturated heterocycles. The molecule has 2 heterocycles. The Labute approximate surface area is 110 Å². The Kier molecular flexibility index (Phi) is 2.39. The quantitative estimate of drug-likeness (QED) is 0.543. The fourth-order valence-electron chi connectivity index (χ4n) is 1.90. The van der Waals surface area contributed by atoms with Crippen molar-refractivity contribution in [1.29, 1.82) is 0 Å². The van der Waals surface area contributed by atoms with Crippen LogP contribution in [0.15, 0.2) is 24.4 Å². The van der Waals surface area contributed by atoms with Gasteiger partial charge >= 0.3 is 0 Å². The molecule has 0 aliphatic carbocycles. The molecule has 1 aromatic carbocycles. The standard InChI is InChI=1S/C11H5Cl2N3O2/c12-5-1-7-6-2-10(16(17)18)8(13)3-9(6)15-11(7)14-4-5/h1-4H,(H,14,15). The number of aromatic amines is 1. The average Bonchev–Trinajstić information content (AvgIpc) is 2.64. The maximum atomic E-state index is 10.9. The number of nitrogens with one attached hydrogen (secondary N) is 1. The van der Waals surface area contributed by atoms with Crippen molar-refractivity contribution in [3.8, 4) is 0 Å². The first-order valence-corrected chi connectivity index (χ1v) is 5.73. The van der Waals surface area contributed by atoms with Crippen LogP contribution in [0.1, 0.15) is 0 Å². The highest BCUT2D eigenvalue weighted by atomic mass is 35.5. The monoisotopic (exact) mass is 281 g/mol. The van der Waals surface area contributed by atoms with Gasteiger partial charge in [-0.25, -0.2) is 4.98 Å². The normalized spacial score (nSPS) is 11.2. The van der Waals surface area contributed by atoms with E-state index in [1.54, 1.807) is 6.07 Å². The van der Waals surface area contributed by atoms with Gasteiger partial charge in [0.05, 0.1) is 9.95 Å². The third kappa shape index (κ3) is 1.60. The minimum Gasteiger partial charge on any atom is -0.339 e. The summed E-state index contributed by atoms with van der Waals surface area (Å²) in [6.45, 7) is 0. The van der Waals surface area contributed by atoms with Crippen molar-refractivity contribution in [2.45, 2.75) is 0 Å². The van der Waals surface area contributed by atoms with Crippen LogP contribution in [0.4, 0.5) is 5.69 Å². The van der Waals surface area contributed by atoms with Crippen molar-refractivity contribution in [1.82, 2.24) is 9.97 Å². The van der Waals surface area contributed by atoms with Gasteiger partial charge in [-0.05, 0) is 12.1 Å². The fourth-order valence-corrected chi connectivity index (χ4v) is 2.29. The van der Waals surface area contributed by atoms with E-state index in [1.807, 2.05) is 0 Å². The molecule has 2 aromatic heterocycles. The van der Waals surface area contributed by atoms with E-state index in [4.69, 9.17) is 23.2 Å². The number of H-pyrrole nitrogens is 1. The van der Waals surface area contributed by atoms with E-state index in [0.717, 1.165) is 5.39 Å². The van der Waals surface area contributed by atoms with Crippen LogP contribution in [0.5, 0.6) is 0 Å². The number of hydrogen-bond donors (Lipinski definition) is 1. The number of hydrogen-bond acceptors (Lipinski definition) is 3. The number of rotatable bonds is 1. The molecule has 0 aliphatic rings. The highest BCUT2D eigenvalue weighted by Gasteiger charge is 2.16. The summed E-state index contributed by atoms with van der Waals surface area (Å²) in [5.41, 5.74) is 1.17. The molecule has 0 atom stereocenters. The van der Waals surface area contributed by atoms with Crippen molar-refractivity contribution in [2.75, 3.05) is 0 Å². The lowest BCUT2D eigenvalue weighted by molar-refractivity contribution is -0.384. The molecule has 0 radical (unpaired) electrons. The lowest BCUT2D eigenvalue weighted by atomic mass is 10.2. The topological polar surface area (TPSA) is 71.8 Å². The third-order valence-corrected chi connectivity index (χ3v) is 3.19. The van der Waals surface area contributed by atoms with Gasteiger partial charge in [-0.2, -0.15) is 0 Å². The number of halogens is 2. The lowest BCUT2D eigenvalue weighted by Gasteiger charge is -1.96. The molecule has 3 rings (SSSR count). The molecular formula is C11H5Cl2N3O2. The molecule has 0 saturated carbocycles. The minimum absolute atomic E-state index is 0.0881. The molecule has 0 unspecified atom stereocenters. The Morgan fingerprint density at radius 2 is 2.00 bits per heavy atom. The summed E-state index contributed by atoms with van der Waals surface area (Å²) in [6, 6.07) is 4.65. The van der Waals surface area contributed by atoms with Crippen molar-refractivity contribution >= 4 is 50.8 Å². The lowest BCUT2D eigenvalue weighted by Crippen LogP contribution is -1.88. The van der Waals surface area contributed by atoms with Crippen LogP contribution in [0.25, 0.3) is 21.9 Å². The van der Waals surface area contributed by atoms with Gasteiger partial charge in [0.1, 0.15) is 10.7 Å². The van der Waals surface area contributed by atoms with E-state index in [0.29, 0.717) is 21.6 Å². The number of aromatic nitrogens is 2. The van der Waals surface area contributed by atoms with E-state index in [-0.39, 0.29) is 10.7 Å². The summed E-state index contributed by atoms with van der Waals surface area (Å²) in [6.07, 6.45) is 1.51. The number of fused-ring (bicyclic) bond motifs is 3. The smallest absolute Gasteiger partial charge is 0.288 e. The number of nitrogens with zero attached hydrogens (tertiary/aromatic N) is 2. The molecule has 18 heavy (non-hydrogen) atoms. The SMILES string of the molecule is O=[N+]([O-])c1cc2c(cc1Cl)[nH]c1ncc(Cl)cc12. The van der Waals surface area contributed by atoms with Gasteiger partial charge in [0, 0.05) is 28.6 Å². The van der Waals surface area contributed by atoms with Crippen LogP contribution in [-0.4, -0.2) is 14.9 Å². The third-order valence-electron chi connectivity index (χ3n) is 2.68. The summed E-state index contributed by atoms with van der Waals surface area (Å²) in [7, 11) is 0. The predicted molar refractivity (Wildman–Crippen MR) is 70.3 cm³/mol. The molecule has 7 heteroatoms.